The largest absolute Gasteiger partial charge is 0.492 e. The van der Waals surface area contributed by atoms with Gasteiger partial charge in [0.15, 0.2) is 17.7 Å². The molecule has 9 heteroatoms. The second kappa shape index (κ2) is 6.57. The lowest BCUT2D eigenvalue weighted by atomic mass is 10.0. The van der Waals surface area contributed by atoms with Gasteiger partial charge in [-0.05, 0) is 25.1 Å². The van der Waals surface area contributed by atoms with E-state index in [0.29, 0.717) is 21.2 Å². The maximum atomic E-state index is 13.9. The highest BCUT2D eigenvalue weighted by Gasteiger charge is 2.35. The second-order valence-electron chi connectivity index (χ2n) is 6.87. The van der Waals surface area contributed by atoms with Gasteiger partial charge in [0.2, 0.25) is 10.8 Å². The third kappa shape index (κ3) is 2.95. The molecular weight excluding hydrogens is 360 g/mol. The molecular formula is C17H21F2N5OS+2. The summed E-state index contributed by atoms with van der Waals surface area (Å²) >= 11 is 1.35. The van der Waals surface area contributed by atoms with Crippen LogP contribution in [-0.4, -0.2) is 52.9 Å². The molecule has 3 aromatic rings. The Kier molecular flexibility index (Phi) is 4.37. The fourth-order valence-electron chi connectivity index (χ4n) is 3.59. The summed E-state index contributed by atoms with van der Waals surface area (Å²) in [6, 6.07) is 3.70. The van der Waals surface area contributed by atoms with Crippen LogP contribution in [0.15, 0.2) is 18.2 Å². The normalized spacial score (nSPS) is 22.0. The van der Waals surface area contributed by atoms with Crippen molar-refractivity contribution in [3.63, 3.8) is 0 Å². The Balaban J connectivity index is 1.82. The number of rotatable bonds is 3. The quantitative estimate of drug-likeness (QED) is 0.578. The summed E-state index contributed by atoms with van der Waals surface area (Å²) in [6.07, 6.45) is 0. The van der Waals surface area contributed by atoms with Gasteiger partial charge in [0, 0.05) is 5.56 Å². The molecule has 26 heavy (non-hydrogen) atoms. The van der Waals surface area contributed by atoms with Crippen molar-refractivity contribution in [2.75, 3.05) is 33.2 Å². The van der Waals surface area contributed by atoms with Crippen molar-refractivity contribution in [2.24, 2.45) is 0 Å². The number of hydrogen-bond donors (Lipinski definition) is 3. The first-order chi connectivity index (χ1) is 12.4. The third-order valence-corrected chi connectivity index (χ3v) is 6.08. The highest BCUT2D eigenvalue weighted by atomic mass is 32.1. The minimum Gasteiger partial charge on any atom is -0.492 e. The first-order valence-corrected chi connectivity index (χ1v) is 9.41. The van der Waals surface area contributed by atoms with Crippen molar-refractivity contribution in [3.05, 3.63) is 46.1 Å². The number of benzene rings is 1. The highest BCUT2D eigenvalue weighted by Crippen LogP contribution is 2.35. The van der Waals surface area contributed by atoms with Gasteiger partial charge < -0.3 is 14.9 Å². The molecule has 2 aromatic heterocycles. The molecule has 0 unspecified atom stereocenters. The van der Waals surface area contributed by atoms with Crippen molar-refractivity contribution in [2.45, 2.75) is 13.0 Å². The van der Waals surface area contributed by atoms with Gasteiger partial charge >= 0.3 is 0 Å². The zero-order valence-corrected chi connectivity index (χ0v) is 15.4. The van der Waals surface area contributed by atoms with Gasteiger partial charge in [0.05, 0.1) is 7.05 Å². The van der Waals surface area contributed by atoms with Crippen LogP contribution >= 0.6 is 11.3 Å². The molecule has 1 aromatic carbocycles. The molecule has 1 aliphatic heterocycles. The number of nitrogens with zero attached hydrogens (tertiary/aromatic N) is 3. The van der Waals surface area contributed by atoms with Crippen molar-refractivity contribution < 1.29 is 23.7 Å². The van der Waals surface area contributed by atoms with Crippen LogP contribution in [0, 0.1) is 18.6 Å². The highest BCUT2D eigenvalue weighted by molar-refractivity contribution is 7.17. The smallest absolute Gasteiger partial charge is 0.235 e. The van der Waals surface area contributed by atoms with E-state index < -0.39 is 11.6 Å². The molecule has 138 valence electrons. The third-order valence-electron chi connectivity index (χ3n) is 5.00. The van der Waals surface area contributed by atoms with Crippen LogP contribution in [0.3, 0.4) is 0 Å². The maximum absolute atomic E-state index is 13.9. The Morgan fingerprint density at radius 1 is 1.19 bits per heavy atom. The number of likely N-dealkylation sites (N-methyl/N-ethyl adjacent to an activating group) is 1. The van der Waals surface area contributed by atoms with E-state index in [1.807, 2.05) is 0 Å². The topological polar surface area (TPSA) is 59.3 Å². The molecule has 6 nitrogen and oxygen atoms in total. The molecule has 1 atom stereocenters. The summed E-state index contributed by atoms with van der Waals surface area (Å²) in [7, 11) is 2.15. The summed E-state index contributed by atoms with van der Waals surface area (Å²) in [5, 5.41) is 14.9. The van der Waals surface area contributed by atoms with Crippen molar-refractivity contribution >= 4 is 16.3 Å². The average Bonchev–Trinajstić information content (AvgIpc) is 3.11. The van der Waals surface area contributed by atoms with E-state index in [0.717, 1.165) is 32.2 Å². The standard InChI is InChI=1S/C17H19F2N5OS/c1-10-20-17-24(21-10)16(25)15(26-17)14(23-7-5-22(2)6-8-23)11-3-4-12(18)13(19)9-11/h3-4,9,14,25H,5-8H2,1-2H3/p+2/t14-/m1/s1. The van der Waals surface area contributed by atoms with Crippen LogP contribution in [0.25, 0.3) is 4.96 Å². The van der Waals surface area contributed by atoms with E-state index >= 15 is 0 Å². The van der Waals surface area contributed by atoms with Crippen molar-refractivity contribution in [1.82, 2.24) is 14.6 Å². The number of quaternary nitrogens is 2. The zero-order valence-electron chi connectivity index (χ0n) is 14.6. The Labute approximate surface area is 153 Å². The summed E-state index contributed by atoms with van der Waals surface area (Å²) < 4.78 is 28.8. The van der Waals surface area contributed by atoms with Crippen molar-refractivity contribution in [1.29, 1.82) is 0 Å². The lowest BCUT2D eigenvalue weighted by Crippen LogP contribution is -3.27. The van der Waals surface area contributed by atoms with Crippen LogP contribution in [0.4, 0.5) is 8.78 Å². The van der Waals surface area contributed by atoms with Gasteiger partial charge in [0.1, 0.15) is 36.9 Å². The summed E-state index contributed by atoms with van der Waals surface area (Å²) in [5.41, 5.74) is 0.648. The van der Waals surface area contributed by atoms with Gasteiger partial charge in [-0.1, -0.05) is 11.3 Å². The molecule has 1 fully saturated rings. The minimum atomic E-state index is -0.874. The summed E-state index contributed by atoms with van der Waals surface area (Å²) in [4.78, 5) is 8.27. The van der Waals surface area contributed by atoms with Gasteiger partial charge in [-0.25, -0.2) is 13.8 Å². The summed E-state index contributed by atoms with van der Waals surface area (Å²) in [6.45, 7) is 5.48. The van der Waals surface area contributed by atoms with Gasteiger partial charge in [-0.2, -0.15) is 4.52 Å². The lowest BCUT2D eigenvalue weighted by Gasteiger charge is -2.33. The number of piperazine rings is 1. The number of aromatic hydroxyl groups is 1. The predicted octanol–water partition coefficient (Wildman–Crippen LogP) is -0.414. The van der Waals surface area contributed by atoms with Gasteiger partial charge in [-0.15, -0.1) is 5.10 Å². The average molecular weight is 381 g/mol. The Morgan fingerprint density at radius 3 is 2.58 bits per heavy atom. The predicted molar refractivity (Wildman–Crippen MR) is 92.8 cm³/mol. The number of fused-ring (bicyclic) bond motifs is 1. The number of nitrogens with one attached hydrogen (secondary N) is 2. The number of halogens is 2. The first-order valence-electron chi connectivity index (χ1n) is 8.60. The van der Waals surface area contributed by atoms with Gasteiger partial charge in [0.25, 0.3) is 0 Å². The van der Waals surface area contributed by atoms with Crippen molar-refractivity contribution in [3.8, 4) is 5.88 Å². The van der Waals surface area contributed by atoms with Crippen LogP contribution in [0.5, 0.6) is 5.88 Å². The molecule has 1 aliphatic rings. The first kappa shape index (κ1) is 17.3. The van der Waals surface area contributed by atoms with E-state index in [1.54, 1.807) is 13.0 Å². The van der Waals surface area contributed by atoms with E-state index in [1.165, 1.54) is 31.7 Å². The van der Waals surface area contributed by atoms with E-state index in [-0.39, 0.29) is 11.9 Å². The van der Waals surface area contributed by atoms with Crippen LogP contribution in [-0.2, 0) is 0 Å². The Morgan fingerprint density at radius 2 is 1.92 bits per heavy atom. The molecule has 0 saturated carbocycles. The van der Waals surface area contributed by atoms with Crippen LogP contribution in [0.1, 0.15) is 22.3 Å². The molecule has 4 rings (SSSR count). The molecule has 0 bridgehead atoms. The van der Waals surface area contributed by atoms with Gasteiger partial charge in [-0.3, -0.25) is 0 Å². The van der Waals surface area contributed by atoms with Crippen LogP contribution in [0.2, 0.25) is 0 Å². The fraction of sp³-hybridized carbons (Fsp3) is 0.412. The van der Waals surface area contributed by atoms with E-state index in [4.69, 9.17) is 0 Å². The maximum Gasteiger partial charge on any atom is 0.235 e. The monoisotopic (exact) mass is 381 g/mol. The molecule has 0 aliphatic carbocycles. The zero-order chi connectivity index (χ0) is 18.4. The minimum absolute atomic E-state index is 0.0270. The summed E-state index contributed by atoms with van der Waals surface area (Å²) in [5.74, 6) is -1.13. The number of aromatic nitrogens is 3. The molecule has 1 saturated heterocycles. The molecule has 0 radical (unpaired) electrons. The Bertz CT molecular complexity index is 948. The number of hydrogen-bond acceptors (Lipinski definition) is 4. The number of thiazole rings is 1. The lowest BCUT2D eigenvalue weighted by molar-refractivity contribution is -1.02. The van der Waals surface area contributed by atoms with E-state index in [9.17, 15) is 13.9 Å². The molecule has 0 spiro atoms. The van der Waals surface area contributed by atoms with E-state index in [2.05, 4.69) is 17.1 Å². The van der Waals surface area contributed by atoms with Crippen LogP contribution < -0.4 is 9.80 Å². The molecule has 3 heterocycles. The fourth-order valence-corrected chi connectivity index (χ4v) is 4.77. The second-order valence-corrected chi connectivity index (χ2v) is 7.87. The number of aryl methyl sites for hydroxylation is 1. The SMILES string of the molecule is Cc1nc2sc([C@@H](c3ccc(F)c(F)c3)[NH+]3CC[NH+](C)CC3)c(O)n2n1. The molecule has 3 N–H and O–H groups in total. The molecule has 0 amide bonds. The Hall–Kier alpha value is -2.10.